The van der Waals surface area contributed by atoms with Gasteiger partial charge in [-0.25, -0.2) is 4.57 Å². The van der Waals surface area contributed by atoms with E-state index in [0.29, 0.717) is 16.7 Å². The van der Waals surface area contributed by atoms with E-state index in [0.717, 1.165) is 22.5 Å². The molecule has 0 radical (unpaired) electrons. The van der Waals surface area contributed by atoms with E-state index in [1.165, 1.54) is 12.1 Å². The van der Waals surface area contributed by atoms with Crippen LogP contribution in [0.2, 0.25) is 0 Å². The number of carbonyl (C=O) groups excluding carboxylic acids is 1. The Morgan fingerprint density at radius 1 is 1.20 bits per heavy atom. The summed E-state index contributed by atoms with van der Waals surface area (Å²) in [5, 5.41) is 6.88. The molecule has 0 amide bonds. The van der Waals surface area contributed by atoms with Crippen molar-refractivity contribution in [2.45, 2.75) is 27.7 Å². The van der Waals surface area contributed by atoms with Gasteiger partial charge in [0.15, 0.2) is 0 Å². The summed E-state index contributed by atoms with van der Waals surface area (Å²) < 4.78 is 35.5. The van der Waals surface area contributed by atoms with Crippen LogP contribution in [-0.2, 0) is 30.4 Å². The van der Waals surface area contributed by atoms with Crippen LogP contribution in [0.5, 0.6) is 5.75 Å². The quantitative estimate of drug-likeness (QED) is 0.235. The van der Waals surface area contributed by atoms with E-state index in [1.807, 2.05) is 45.9 Å². The molecule has 1 aromatic heterocycles. The molecule has 1 aliphatic heterocycles. The molecule has 0 fully saturated rings. The summed E-state index contributed by atoms with van der Waals surface area (Å²) in [6.07, 6.45) is 0. The first kappa shape index (κ1) is 25.5. The SMILES string of the molecule is Cc1cccc(C)c1P1(=O)Oc2cc(F)c[c-]c2-c2nc(C)c(C)n21.[C-]#N.[CH-]=O.[Pt]. The number of fused-ring (bicyclic) bond motifs is 3. The van der Waals surface area contributed by atoms with Crippen LogP contribution in [0.25, 0.3) is 11.4 Å². The molecule has 0 saturated carbocycles. The summed E-state index contributed by atoms with van der Waals surface area (Å²) in [5.41, 5.74) is 3.78. The number of halogens is 1. The molecule has 0 spiro atoms. The summed E-state index contributed by atoms with van der Waals surface area (Å²) in [7, 11) is -3.53. The van der Waals surface area contributed by atoms with Crippen molar-refractivity contribution < 1.29 is 39.3 Å². The van der Waals surface area contributed by atoms with Gasteiger partial charge in [-0.2, -0.15) is 0 Å². The molecule has 160 valence electrons. The summed E-state index contributed by atoms with van der Waals surface area (Å²) in [5.74, 6) is 0.228. The van der Waals surface area contributed by atoms with Gasteiger partial charge in [0.2, 0.25) is 0 Å². The van der Waals surface area contributed by atoms with Crippen molar-refractivity contribution in [3.63, 3.8) is 0 Å². The molecule has 3 aromatic rings. The van der Waals surface area contributed by atoms with E-state index in [9.17, 15) is 8.96 Å². The third-order valence-corrected chi connectivity index (χ3v) is 7.35. The molecule has 1 atom stereocenters. The number of hydrogen-bond donors (Lipinski definition) is 0. The molecule has 4 rings (SSSR count). The van der Waals surface area contributed by atoms with Crippen molar-refractivity contribution in [1.29, 1.82) is 5.26 Å². The molecule has 30 heavy (non-hydrogen) atoms. The maximum absolute atomic E-state index is 14.2. The minimum atomic E-state index is -3.53. The van der Waals surface area contributed by atoms with Gasteiger partial charge in [-0.05, 0) is 38.8 Å². The first-order chi connectivity index (χ1) is 13.8. The largest absolute Gasteiger partial charge is 0.545 e. The van der Waals surface area contributed by atoms with Crippen LogP contribution in [0, 0.1) is 51.4 Å². The number of nitrogens with zero attached hydrogens (tertiary/aromatic N) is 3. The fourth-order valence-corrected chi connectivity index (χ4v) is 6.11. The fourth-order valence-electron chi connectivity index (χ4n) is 3.35. The number of benzene rings is 2. The van der Waals surface area contributed by atoms with Gasteiger partial charge >= 0.3 is 7.52 Å². The molecular formula is C21H18FN3O3PPt-3. The fraction of sp³-hybridized carbons (Fsp3) is 0.190. The number of aryl methyl sites for hydroxylation is 3. The second kappa shape index (κ2) is 9.98. The normalized spacial score (nSPS) is 15.6. The number of imidazole rings is 1. The van der Waals surface area contributed by atoms with Gasteiger partial charge in [0.25, 0.3) is 0 Å². The van der Waals surface area contributed by atoms with Crippen molar-refractivity contribution in [2.24, 2.45) is 0 Å². The van der Waals surface area contributed by atoms with E-state index >= 15 is 0 Å². The second-order valence-electron chi connectivity index (χ2n) is 6.33. The molecule has 1 unspecified atom stereocenters. The topological polar surface area (TPSA) is 85.0 Å². The van der Waals surface area contributed by atoms with Crippen molar-refractivity contribution in [2.75, 3.05) is 0 Å². The number of rotatable bonds is 1. The van der Waals surface area contributed by atoms with Crippen LogP contribution in [-0.4, -0.2) is 16.1 Å². The molecule has 9 heteroatoms. The number of aromatic nitrogens is 2. The molecule has 0 saturated heterocycles. The van der Waals surface area contributed by atoms with Crippen molar-refractivity contribution in [1.82, 2.24) is 9.32 Å². The summed E-state index contributed by atoms with van der Waals surface area (Å²) in [6.45, 7) is 15.5. The predicted octanol–water partition coefficient (Wildman–Crippen LogP) is 4.30. The first-order valence-corrected chi connectivity index (χ1v) is 10.0. The zero-order chi connectivity index (χ0) is 21.9. The Bertz CT molecular complexity index is 1120. The van der Waals surface area contributed by atoms with E-state index in [1.54, 1.807) is 4.34 Å². The molecule has 6 nitrogen and oxygen atoms in total. The molecule has 1 aliphatic rings. The maximum Gasteiger partial charge on any atom is 0.363 e. The van der Waals surface area contributed by atoms with Crippen LogP contribution < -0.4 is 9.83 Å². The van der Waals surface area contributed by atoms with Gasteiger partial charge in [-0.3, -0.25) is 20.5 Å². The first-order valence-electron chi connectivity index (χ1n) is 8.43. The van der Waals surface area contributed by atoms with Crippen LogP contribution in [0.1, 0.15) is 22.5 Å². The minimum absolute atomic E-state index is 0. The zero-order valence-corrected chi connectivity index (χ0v) is 19.8. The van der Waals surface area contributed by atoms with Crippen LogP contribution in [0.4, 0.5) is 4.39 Å². The smallest absolute Gasteiger partial charge is 0.363 e. The molecule has 2 aromatic carbocycles. The molecular weight excluding hydrogens is 587 g/mol. The molecule has 0 aliphatic carbocycles. The Morgan fingerprint density at radius 2 is 1.77 bits per heavy atom. The molecule has 2 heterocycles. The minimum Gasteiger partial charge on any atom is -0.545 e. The van der Waals surface area contributed by atoms with E-state index < -0.39 is 13.3 Å². The summed E-state index contributed by atoms with van der Waals surface area (Å²) >= 11 is 0. The standard InChI is InChI=1S/C19H17FN2O2P.CN.CHO.Pt/c1-11-6-5-7-12(2)18(11)25(23)22-14(4)13(3)21-19(22)16-9-8-15(20)10-17(16)24-25;2*1-2;/h5-8,10H,1-4H3;;1H;/q3*-1;. The average molecular weight is 605 g/mol. The van der Waals surface area contributed by atoms with Crippen molar-refractivity contribution >= 4 is 19.6 Å². The Hall–Kier alpha value is -2.54. The Kier molecular flexibility index (Phi) is 8.48. The van der Waals surface area contributed by atoms with Crippen molar-refractivity contribution in [3.05, 3.63) is 71.3 Å². The van der Waals surface area contributed by atoms with Gasteiger partial charge < -0.3 is 21.2 Å². The van der Waals surface area contributed by atoms with Crippen LogP contribution in [0.3, 0.4) is 0 Å². The second-order valence-corrected chi connectivity index (χ2v) is 8.40. The average Bonchev–Trinajstić information content (AvgIpc) is 3.00. The van der Waals surface area contributed by atoms with Gasteiger partial charge in [0.05, 0.1) is 11.1 Å². The van der Waals surface area contributed by atoms with Crippen LogP contribution in [0.15, 0.2) is 30.3 Å². The van der Waals surface area contributed by atoms with Gasteiger partial charge in [0, 0.05) is 44.0 Å². The van der Waals surface area contributed by atoms with Gasteiger partial charge in [-0.15, -0.1) is 12.1 Å². The van der Waals surface area contributed by atoms with E-state index in [4.69, 9.17) is 21.2 Å². The Balaban J connectivity index is 0.000000851. The summed E-state index contributed by atoms with van der Waals surface area (Å²) in [4.78, 5) is 12.3. The molecule has 0 N–H and O–H groups in total. The zero-order valence-electron chi connectivity index (χ0n) is 16.7. The van der Waals surface area contributed by atoms with Crippen molar-refractivity contribution in [3.8, 4) is 17.1 Å². The molecule has 0 bridgehead atoms. The monoisotopic (exact) mass is 605 g/mol. The summed E-state index contributed by atoms with van der Waals surface area (Å²) in [6, 6.07) is 11.1. The third-order valence-electron chi connectivity index (χ3n) is 4.62. The Morgan fingerprint density at radius 3 is 2.33 bits per heavy atom. The third kappa shape index (κ3) is 4.03. The van der Waals surface area contributed by atoms with Crippen LogP contribution >= 0.6 is 7.52 Å². The van der Waals surface area contributed by atoms with Gasteiger partial charge in [0.1, 0.15) is 0 Å². The van der Waals surface area contributed by atoms with Gasteiger partial charge in [-0.1, -0.05) is 29.8 Å². The Labute approximate surface area is 189 Å². The number of hydrogen-bond acceptors (Lipinski definition) is 5. The predicted molar refractivity (Wildman–Crippen MR) is 107 cm³/mol. The van der Waals surface area contributed by atoms with E-state index in [-0.39, 0.29) is 26.8 Å². The maximum atomic E-state index is 14.2. The van der Waals surface area contributed by atoms with E-state index in [2.05, 4.69) is 17.8 Å².